The van der Waals surface area contributed by atoms with Crippen molar-refractivity contribution in [3.8, 4) is 5.75 Å². The van der Waals surface area contributed by atoms with Gasteiger partial charge in [-0.15, -0.1) is 0 Å². The third kappa shape index (κ3) is 5.55. The summed E-state index contributed by atoms with van der Waals surface area (Å²) in [5.74, 6) is -1.99. The lowest BCUT2D eigenvalue weighted by molar-refractivity contribution is -0.307. The Bertz CT molecular complexity index is 1090. The minimum absolute atomic E-state index is 0.0215. The summed E-state index contributed by atoms with van der Waals surface area (Å²) < 4.78 is 10.4. The molecule has 1 aliphatic rings. The molecule has 160 valence electrons. The number of para-hydroxylation sites is 1. The highest BCUT2D eigenvalue weighted by Gasteiger charge is 2.33. The van der Waals surface area contributed by atoms with Gasteiger partial charge in [0.05, 0.1) is 23.2 Å². The van der Waals surface area contributed by atoms with Gasteiger partial charge in [0.25, 0.3) is 0 Å². The topological polar surface area (TPSA) is 108 Å². The van der Waals surface area contributed by atoms with E-state index in [0.29, 0.717) is 26.9 Å². The van der Waals surface area contributed by atoms with E-state index in [4.69, 9.17) is 9.47 Å². The molecule has 0 aromatic heterocycles. The van der Waals surface area contributed by atoms with Crippen LogP contribution < -0.4 is 9.84 Å². The van der Waals surface area contributed by atoms with E-state index >= 15 is 0 Å². The predicted octanol–water partition coefficient (Wildman–Crippen LogP) is 3.32. The van der Waals surface area contributed by atoms with Crippen LogP contribution in [0.4, 0.5) is 5.69 Å². The lowest BCUT2D eigenvalue weighted by Crippen LogP contribution is -2.29. The fraction of sp³-hybridized carbons (Fsp3) is 0.174. The maximum atomic E-state index is 12.5. The molecule has 2 aromatic rings. The first-order valence-electron chi connectivity index (χ1n) is 9.46. The normalized spacial score (nSPS) is 16.1. The second-order valence-electron chi connectivity index (χ2n) is 6.51. The number of esters is 1. The molecule has 3 rings (SSSR count). The minimum Gasteiger partial charge on any atom is -0.546 e. The summed E-state index contributed by atoms with van der Waals surface area (Å²) >= 11 is 1.11. The zero-order valence-electron chi connectivity index (χ0n) is 17.0. The van der Waals surface area contributed by atoms with Gasteiger partial charge in [-0.1, -0.05) is 47.7 Å². The monoisotopic (exact) mass is 438 g/mol. The van der Waals surface area contributed by atoms with Crippen molar-refractivity contribution in [2.75, 3.05) is 13.2 Å². The number of aliphatic carboxylic acids is 1. The van der Waals surface area contributed by atoms with Gasteiger partial charge in [-0.3, -0.25) is 0 Å². The molecule has 0 saturated heterocycles. The number of carboxylic acids is 1. The van der Waals surface area contributed by atoms with Crippen LogP contribution in [-0.4, -0.2) is 35.3 Å². The van der Waals surface area contributed by atoms with Crippen LogP contribution in [0.3, 0.4) is 0 Å². The zero-order valence-corrected chi connectivity index (χ0v) is 17.8. The van der Waals surface area contributed by atoms with E-state index in [9.17, 15) is 19.8 Å². The predicted molar refractivity (Wildman–Crippen MR) is 117 cm³/mol. The van der Waals surface area contributed by atoms with Crippen LogP contribution in [0.25, 0.3) is 6.08 Å². The first-order valence-corrected chi connectivity index (χ1v) is 10.3. The van der Waals surface area contributed by atoms with Gasteiger partial charge in [0.15, 0.2) is 0 Å². The number of ether oxygens (including phenoxy) is 2. The van der Waals surface area contributed by atoms with Crippen molar-refractivity contribution in [2.24, 2.45) is 4.99 Å². The number of benzene rings is 2. The number of thioether (sulfide) groups is 1. The first kappa shape index (κ1) is 22.2. The molecule has 0 aliphatic carbocycles. The molecule has 2 aromatic carbocycles. The van der Waals surface area contributed by atoms with Crippen LogP contribution in [0.15, 0.2) is 69.8 Å². The van der Waals surface area contributed by atoms with Gasteiger partial charge >= 0.3 is 5.97 Å². The Kier molecular flexibility index (Phi) is 7.15. The number of carbonyl (C=O) groups excluding carboxylic acids is 2. The molecule has 0 saturated carbocycles. The Morgan fingerprint density at radius 3 is 2.55 bits per heavy atom. The summed E-state index contributed by atoms with van der Waals surface area (Å²) in [4.78, 5) is 28.1. The standard InChI is InChI=1S/C23H21NO6S/c1-3-29-23(28)20-21(27)18(31-22(20)24-16-10-8-14(2)9-11-16)12-15-6-4-5-7-17(15)30-13-19(25)26/h4-12,27H,3,13H2,1-2H3,(H,25,26)/p-1/b18-12-,24-22?. The van der Waals surface area contributed by atoms with E-state index in [2.05, 4.69) is 4.99 Å². The zero-order chi connectivity index (χ0) is 22.4. The van der Waals surface area contributed by atoms with E-state index in [1.165, 1.54) is 0 Å². The maximum Gasteiger partial charge on any atom is 0.344 e. The summed E-state index contributed by atoms with van der Waals surface area (Å²) in [7, 11) is 0. The second-order valence-corrected chi connectivity index (χ2v) is 7.54. The van der Waals surface area contributed by atoms with Gasteiger partial charge in [0.1, 0.15) is 28.7 Å². The maximum absolute atomic E-state index is 12.5. The highest BCUT2D eigenvalue weighted by Crippen LogP contribution is 2.41. The van der Waals surface area contributed by atoms with Gasteiger partial charge in [-0.05, 0) is 38.1 Å². The lowest BCUT2D eigenvalue weighted by Gasteiger charge is -2.10. The van der Waals surface area contributed by atoms with Crippen LogP contribution in [0.5, 0.6) is 5.75 Å². The van der Waals surface area contributed by atoms with Crippen LogP contribution in [0.2, 0.25) is 0 Å². The molecule has 0 fully saturated rings. The number of aliphatic hydroxyl groups excluding tert-OH is 1. The molecular weight excluding hydrogens is 418 g/mol. The molecule has 1 N–H and O–H groups in total. The first-order chi connectivity index (χ1) is 14.9. The molecule has 0 radical (unpaired) electrons. The minimum atomic E-state index is -1.35. The number of hydrogen-bond acceptors (Lipinski definition) is 8. The second kappa shape index (κ2) is 9.99. The molecule has 0 amide bonds. The van der Waals surface area contributed by atoms with Crippen molar-refractivity contribution in [2.45, 2.75) is 13.8 Å². The number of carboxylic acid groups (broad SMARTS) is 1. The van der Waals surface area contributed by atoms with Crippen LogP contribution in [-0.2, 0) is 14.3 Å². The number of nitrogens with zero attached hydrogens (tertiary/aromatic N) is 1. The van der Waals surface area contributed by atoms with E-state index in [1.54, 1.807) is 37.3 Å². The van der Waals surface area contributed by atoms with Gasteiger partial charge in [0.2, 0.25) is 0 Å². The van der Waals surface area contributed by atoms with Gasteiger partial charge in [0, 0.05) is 5.56 Å². The highest BCUT2D eigenvalue weighted by molar-refractivity contribution is 8.18. The molecule has 0 bridgehead atoms. The molecule has 1 heterocycles. The number of carbonyl (C=O) groups is 2. The SMILES string of the molecule is CCOC(=O)C1=C(O)/C(=C/c2ccccc2OCC(=O)[O-])SC1=Nc1ccc(C)cc1. The molecule has 0 spiro atoms. The Morgan fingerprint density at radius 1 is 1.16 bits per heavy atom. The summed E-state index contributed by atoms with van der Waals surface area (Å²) in [6.07, 6.45) is 1.60. The van der Waals surface area contributed by atoms with E-state index in [-0.39, 0.29) is 17.9 Å². The van der Waals surface area contributed by atoms with Gasteiger partial charge in [-0.2, -0.15) is 0 Å². The van der Waals surface area contributed by atoms with Crippen LogP contribution in [0.1, 0.15) is 18.1 Å². The molecular formula is C23H20NO6S-. The molecule has 0 unspecified atom stereocenters. The quantitative estimate of drug-likeness (QED) is 0.661. The average molecular weight is 438 g/mol. The summed E-state index contributed by atoms with van der Waals surface area (Å²) in [5.41, 5.74) is 2.20. The van der Waals surface area contributed by atoms with Crippen molar-refractivity contribution in [1.82, 2.24) is 0 Å². The summed E-state index contributed by atoms with van der Waals surface area (Å²) in [6.45, 7) is 3.17. The largest absolute Gasteiger partial charge is 0.546 e. The van der Waals surface area contributed by atoms with Crippen LogP contribution in [0, 0.1) is 6.92 Å². The molecule has 1 aliphatic heterocycles. The smallest absolute Gasteiger partial charge is 0.344 e. The van der Waals surface area contributed by atoms with E-state index in [0.717, 1.165) is 17.3 Å². The van der Waals surface area contributed by atoms with Gasteiger partial charge < -0.3 is 24.5 Å². The number of aliphatic imine (C=N–C) groups is 1. The molecule has 31 heavy (non-hydrogen) atoms. The Balaban J connectivity index is 2.01. The fourth-order valence-electron chi connectivity index (χ4n) is 2.74. The Hall–Kier alpha value is -3.52. The van der Waals surface area contributed by atoms with E-state index < -0.39 is 18.5 Å². The third-order valence-corrected chi connectivity index (χ3v) is 5.21. The number of rotatable bonds is 7. The number of aliphatic hydroxyl groups is 1. The fourth-order valence-corrected chi connectivity index (χ4v) is 3.76. The van der Waals surface area contributed by atoms with Crippen molar-refractivity contribution >= 4 is 40.5 Å². The van der Waals surface area contributed by atoms with Crippen molar-refractivity contribution in [3.63, 3.8) is 0 Å². The van der Waals surface area contributed by atoms with Crippen molar-refractivity contribution in [1.29, 1.82) is 0 Å². The Labute approximate surface area is 183 Å². The molecule has 0 atom stereocenters. The van der Waals surface area contributed by atoms with Gasteiger partial charge in [-0.25, -0.2) is 9.79 Å². The molecule has 7 nitrogen and oxygen atoms in total. The number of aryl methyl sites for hydroxylation is 1. The van der Waals surface area contributed by atoms with Crippen molar-refractivity contribution in [3.05, 3.63) is 75.9 Å². The molecule has 8 heteroatoms. The average Bonchev–Trinajstić information content (AvgIpc) is 3.04. The highest BCUT2D eigenvalue weighted by atomic mass is 32.2. The number of hydrogen-bond donors (Lipinski definition) is 1. The van der Waals surface area contributed by atoms with E-state index in [1.807, 2.05) is 31.2 Å². The third-order valence-electron chi connectivity index (χ3n) is 4.19. The summed E-state index contributed by atoms with van der Waals surface area (Å²) in [6, 6.07) is 14.2. The lowest BCUT2D eigenvalue weighted by atomic mass is 10.1. The van der Waals surface area contributed by atoms with Crippen molar-refractivity contribution < 1.29 is 29.3 Å². The Morgan fingerprint density at radius 2 is 1.87 bits per heavy atom. The summed E-state index contributed by atoms with van der Waals surface area (Å²) in [5, 5.41) is 21.8. The van der Waals surface area contributed by atoms with Crippen LogP contribution >= 0.6 is 11.8 Å².